The van der Waals surface area contributed by atoms with Gasteiger partial charge in [0.25, 0.3) is 5.91 Å². The number of halogens is 1. The number of nitrogens with zero attached hydrogens (tertiary/aromatic N) is 1. The summed E-state index contributed by atoms with van der Waals surface area (Å²) in [6, 6.07) is 18.3. The van der Waals surface area contributed by atoms with E-state index in [1.165, 1.54) is 4.90 Å². The van der Waals surface area contributed by atoms with E-state index in [1.807, 2.05) is 12.1 Å². The molecule has 15 heteroatoms. The first-order valence-corrected chi connectivity index (χ1v) is 20.1. The Balaban J connectivity index is 1.07. The lowest BCUT2D eigenvalue weighted by atomic mass is 9.68. The second kappa shape index (κ2) is 14.5. The number of aromatic amines is 1. The Labute approximate surface area is 326 Å². The molecule has 4 aliphatic rings. The molecule has 7 atom stereocenters. The van der Waals surface area contributed by atoms with E-state index >= 15 is 0 Å². The number of hydrogen-bond donors (Lipinski definition) is 2. The normalized spacial score (nSPS) is 24.8. The van der Waals surface area contributed by atoms with Crippen LogP contribution in [0.25, 0.3) is 0 Å². The second-order valence-electron chi connectivity index (χ2n) is 13.6. The van der Waals surface area contributed by atoms with Crippen LogP contribution in [-0.4, -0.2) is 59.7 Å². The molecule has 1 saturated heterocycles. The van der Waals surface area contributed by atoms with Gasteiger partial charge in [-0.05, 0) is 105 Å². The van der Waals surface area contributed by atoms with E-state index in [0.29, 0.717) is 34.7 Å². The minimum absolute atomic E-state index is 0.0606. The Morgan fingerprint density at radius 2 is 1.50 bits per heavy atom. The number of imide groups is 1. The maximum atomic E-state index is 14.3. The van der Waals surface area contributed by atoms with Gasteiger partial charge in [0.2, 0.25) is 11.8 Å². The van der Waals surface area contributed by atoms with Gasteiger partial charge < -0.3 is 24.5 Å². The van der Waals surface area contributed by atoms with Gasteiger partial charge in [-0.15, -0.1) is 11.8 Å². The molecule has 2 aliphatic carbocycles. The fourth-order valence-electron chi connectivity index (χ4n) is 8.72. The average molecular weight is 833 g/mol. The van der Waals surface area contributed by atoms with Crippen molar-refractivity contribution in [2.24, 2.45) is 29.6 Å². The number of ether oxygens (including phenoxy) is 3. The first kappa shape index (κ1) is 36.3. The Morgan fingerprint density at radius 1 is 0.870 bits per heavy atom. The molecule has 278 valence electrons. The van der Waals surface area contributed by atoms with Crippen molar-refractivity contribution in [1.82, 2.24) is 4.98 Å². The molecule has 3 heterocycles. The van der Waals surface area contributed by atoms with E-state index in [1.54, 1.807) is 80.2 Å². The van der Waals surface area contributed by atoms with E-state index in [2.05, 4.69) is 26.2 Å². The lowest BCUT2D eigenvalue weighted by Crippen LogP contribution is -2.42. The molecule has 0 unspecified atom stereocenters. The highest BCUT2D eigenvalue weighted by Crippen LogP contribution is 2.69. The monoisotopic (exact) mass is 831 g/mol. The molecule has 54 heavy (non-hydrogen) atoms. The van der Waals surface area contributed by atoms with Crippen LogP contribution in [0, 0.1) is 29.6 Å². The average Bonchev–Trinajstić information content (AvgIpc) is 3.90. The number of hydrogen-bond acceptors (Lipinski definition) is 11. The van der Waals surface area contributed by atoms with Crippen LogP contribution in [0.1, 0.15) is 57.3 Å². The number of aromatic nitrogens is 1. The number of esters is 2. The molecule has 2 aliphatic heterocycles. The number of nitrogens with one attached hydrogen (secondary N) is 2. The number of rotatable bonds is 10. The zero-order chi connectivity index (χ0) is 37.8. The van der Waals surface area contributed by atoms with Crippen molar-refractivity contribution in [3.8, 4) is 5.75 Å². The predicted octanol–water partition coefficient (Wildman–Crippen LogP) is 6.25. The van der Waals surface area contributed by atoms with Gasteiger partial charge in [-0.25, -0.2) is 9.59 Å². The zero-order valence-electron chi connectivity index (χ0n) is 29.0. The van der Waals surface area contributed by atoms with Crippen molar-refractivity contribution in [2.45, 2.75) is 36.5 Å². The maximum absolute atomic E-state index is 14.3. The number of amides is 3. The van der Waals surface area contributed by atoms with Crippen molar-refractivity contribution in [3.63, 3.8) is 0 Å². The predicted molar refractivity (Wildman–Crippen MR) is 204 cm³/mol. The van der Waals surface area contributed by atoms with E-state index < -0.39 is 29.7 Å². The summed E-state index contributed by atoms with van der Waals surface area (Å²) in [6.07, 6.45) is 0.696. The number of fused-ring (bicyclic) bond motifs is 9. The Kier molecular flexibility index (Phi) is 9.73. The van der Waals surface area contributed by atoms with Crippen LogP contribution in [0.4, 0.5) is 11.4 Å². The molecule has 2 N–H and O–H groups in total. The summed E-state index contributed by atoms with van der Waals surface area (Å²) in [4.78, 5) is 83.5. The van der Waals surface area contributed by atoms with Gasteiger partial charge in [0.1, 0.15) is 5.75 Å². The molecule has 12 nitrogen and oxygen atoms in total. The van der Waals surface area contributed by atoms with E-state index in [4.69, 9.17) is 14.2 Å². The van der Waals surface area contributed by atoms with Gasteiger partial charge in [-0.2, -0.15) is 0 Å². The van der Waals surface area contributed by atoms with Crippen molar-refractivity contribution in [1.29, 1.82) is 0 Å². The third kappa shape index (κ3) is 6.25. The van der Waals surface area contributed by atoms with Crippen LogP contribution >= 0.6 is 39.0 Å². The first-order valence-electron chi connectivity index (χ1n) is 17.6. The van der Waals surface area contributed by atoms with Crippen molar-refractivity contribution in [3.05, 3.63) is 102 Å². The quantitative estimate of drug-likeness (QED) is 0.138. The Morgan fingerprint density at radius 3 is 2.15 bits per heavy atom. The molecule has 4 aromatic rings. The molecule has 3 amide bonds. The molecular weight excluding hydrogens is 798 g/mol. The first-order chi connectivity index (χ1) is 26.1. The van der Waals surface area contributed by atoms with Gasteiger partial charge in [0.15, 0.2) is 6.61 Å². The topological polar surface area (TPSA) is 161 Å². The summed E-state index contributed by atoms with van der Waals surface area (Å²) >= 11 is 6.33. The number of thioether (sulfide) groups is 1. The number of anilines is 2. The maximum Gasteiger partial charge on any atom is 0.338 e. The van der Waals surface area contributed by atoms with Crippen molar-refractivity contribution >= 4 is 80.1 Å². The van der Waals surface area contributed by atoms with E-state index in [0.717, 1.165) is 31.3 Å². The number of carbonyl (C=O) groups excluding carboxylic acids is 5. The Bertz CT molecular complexity index is 2240. The van der Waals surface area contributed by atoms with Crippen LogP contribution in [-0.2, 0) is 23.9 Å². The fraction of sp³-hybridized carbons (Fsp3) is 0.333. The van der Waals surface area contributed by atoms with E-state index in [9.17, 15) is 28.8 Å². The summed E-state index contributed by atoms with van der Waals surface area (Å²) in [5.74, 6) is -3.12. The van der Waals surface area contributed by atoms with Crippen molar-refractivity contribution in [2.75, 3.05) is 30.0 Å². The number of H-pyrrole nitrogens is 1. The van der Waals surface area contributed by atoms with Gasteiger partial charge in [0.05, 0.1) is 46.9 Å². The highest BCUT2D eigenvalue weighted by molar-refractivity contribution is 9.10. The molecule has 0 spiro atoms. The molecular formula is C39H34BrN3O9S2. The number of benzene rings is 3. The molecule has 0 radical (unpaired) electrons. The zero-order valence-corrected chi connectivity index (χ0v) is 32.3. The lowest BCUT2D eigenvalue weighted by molar-refractivity contribution is -0.123. The van der Waals surface area contributed by atoms with Crippen LogP contribution in [0.5, 0.6) is 5.75 Å². The summed E-state index contributed by atoms with van der Waals surface area (Å²) in [5.41, 5.74) is 2.37. The van der Waals surface area contributed by atoms with E-state index in [-0.39, 0.29) is 65.4 Å². The highest BCUT2D eigenvalue weighted by Gasteiger charge is 2.70. The lowest BCUT2D eigenvalue weighted by Gasteiger charge is -2.43. The largest absolute Gasteiger partial charge is 0.483 e. The second-order valence-corrected chi connectivity index (χ2v) is 16.7. The molecule has 2 saturated carbocycles. The molecule has 1 aromatic heterocycles. The van der Waals surface area contributed by atoms with Gasteiger partial charge in [-0.3, -0.25) is 24.1 Å². The van der Waals surface area contributed by atoms with Gasteiger partial charge >= 0.3 is 16.8 Å². The van der Waals surface area contributed by atoms with Crippen LogP contribution in [0.3, 0.4) is 0 Å². The summed E-state index contributed by atoms with van der Waals surface area (Å²) < 4.78 is 17.1. The SMILES string of the molecule is CCOC(=O)c1ccc(NC(=O)COc2ccc(Br)cc2[C@@H]2c3sc(=O)[nH]c3S[C@@H]3[C@@H]4C[C@@H]([C@@H]5C(=O)N(c6ccc(C(=O)OCC)cc6)C(=O)[C@@H]45)[C@H]23)cc1. The van der Waals surface area contributed by atoms with Crippen LogP contribution in [0.15, 0.2) is 81.0 Å². The summed E-state index contributed by atoms with van der Waals surface area (Å²) in [7, 11) is 0. The molecule has 2 bridgehead atoms. The molecule has 3 fully saturated rings. The van der Waals surface area contributed by atoms with Crippen molar-refractivity contribution < 1.29 is 38.2 Å². The molecule has 3 aromatic carbocycles. The third-order valence-corrected chi connectivity index (χ3v) is 13.8. The standard InChI is InChI=1S/C39H34BrN3O9S2/c1-3-50-37(47)18-5-10-21(11-6-18)41-27(44)17-52-26-14-9-20(40)15-23(26)28-29-24-16-25(32(29)53-34-33(28)54-39(49)42-34)31-30(24)35(45)43(36(31)46)22-12-7-19(8-13-22)38(48)51-4-2/h5-15,24-25,28-32H,3-4,16-17H2,1-2H3,(H,41,44)(H,42,49)/t24-,25-,28+,29-,30+,31+,32-/m1/s1. The van der Waals surface area contributed by atoms with Crippen LogP contribution in [0.2, 0.25) is 0 Å². The van der Waals surface area contributed by atoms with Gasteiger partial charge in [0, 0.05) is 31.8 Å². The van der Waals surface area contributed by atoms with Gasteiger partial charge in [-0.1, -0.05) is 27.3 Å². The smallest absolute Gasteiger partial charge is 0.338 e. The fourth-order valence-corrected chi connectivity index (χ4v) is 12.0. The summed E-state index contributed by atoms with van der Waals surface area (Å²) in [6.45, 7) is 3.63. The highest BCUT2D eigenvalue weighted by atomic mass is 79.9. The minimum atomic E-state index is -0.536. The molecule has 8 rings (SSSR count). The Hall–Kier alpha value is -4.73. The number of thiazole rings is 1. The number of carbonyl (C=O) groups is 5. The third-order valence-electron chi connectivity index (χ3n) is 10.7. The summed E-state index contributed by atoms with van der Waals surface area (Å²) in [5, 5.41) is 3.48. The van der Waals surface area contributed by atoms with Crippen LogP contribution < -0.4 is 19.8 Å². The minimum Gasteiger partial charge on any atom is -0.483 e.